The standard InChI is InChI=1S/C17H19N5OS/c1-13(18-9-7-16(23)21-17-19-10-12-24-17)14-5-2-3-6-15(14)22-11-4-8-20-22/h2-6,8,10-13,18H,7,9H2,1H3,(H,19,21,23)/t13-/m0/s1. The summed E-state index contributed by atoms with van der Waals surface area (Å²) in [7, 11) is 0. The first-order chi connectivity index (χ1) is 11.7. The topological polar surface area (TPSA) is 71.8 Å². The summed E-state index contributed by atoms with van der Waals surface area (Å²) < 4.78 is 1.85. The van der Waals surface area contributed by atoms with Crippen LogP contribution in [0.4, 0.5) is 5.13 Å². The quantitative estimate of drug-likeness (QED) is 0.693. The van der Waals surface area contributed by atoms with Gasteiger partial charge in [0.1, 0.15) is 0 Å². The van der Waals surface area contributed by atoms with Crippen LogP contribution in [0, 0.1) is 0 Å². The summed E-state index contributed by atoms with van der Waals surface area (Å²) in [6.45, 7) is 2.67. The van der Waals surface area contributed by atoms with Crippen molar-refractivity contribution in [2.45, 2.75) is 19.4 Å². The molecule has 124 valence electrons. The largest absolute Gasteiger partial charge is 0.310 e. The number of para-hydroxylation sites is 1. The van der Waals surface area contributed by atoms with Crippen molar-refractivity contribution in [3.63, 3.8) is 0 Å². The first-order valence-electron chi connectivity index (χ1n) is 7.75. The second kappa shape index (κ2) is 7.85. The molecule has 0 saturated carbocycles. The molecule has 0 fully saturated rings. The van der Waals surface area contributed by atoms with Crippen molar-refractivity contribution >= 4 is 22.4 Å². The summed E-state index contributed by atoms with van der Waals surface area (Å²) in [6, 6.07) is 10.1. The zero-order valence-corrected chi connectivity index (χ0v) is 14.2. The van der Waals surface area contributed by atoms with E-state index in [0.29, 0.717) is 18.1 Å². The Labute approximate surface area is 144 Å². The van der Waals surface area contributed by atoms with Crippen LogP contribution in [0.1, 0.15) is 24.9 Å². The Balaban J connectivity index is 1.56. The fourth-order valence-corrected chi connectivity index (χ4v) is 3.00. The lowest BCUT2D eigenvalue weighted by Crippen LogP contribution is -2.25. The number of nitrogens with one attached hydrogen (secondary N) is 2. The third-order valence-electron chi connectivity index (χ3n) is 3.64. The Kier molecular flexibility index (Phi) is 5.35. The SMILES string of the molecule is C[C@H](NCCC(=O)Nc1nccs1)c1ccccc1-n1cccn1. The van der Waals surface area contributed by atoms with Crippen LogP contribution in [0.5, 0.6) is 0 Å². The molecule has 2 N–H and O–H groups in total. The van der Waals surface area contributed by atoms with Crippen molar-refractivity contribution in [2.75, 3.05) is 11.9 Å². The van der Waals surface area contributed by atoms with E-state index in [1.807, 2.05) is 40.5 Å². The number of anilines is 1. The maximum absolute atomic E-state index is 11.9. The minimum Gasteiger partial charge on any atom is -0.310 e. The second-order valence-electron chi connectivity index (χ2n) is 5.32. The molecule has 1 amide bonds. The van der Waals surface area contributed by atoms with E-state index in [4.69, 9.17) is 0 Å². The molecule has 3 aromatic rings. The minimum atomic E-state index is -0.0370. The number of thiazole rings is 1. The lowest BCUT2D eigenvalue weighted by atomic mass is 10.1. The number of aromatic nitrogens is 3. The van der Waals surface area contributed by atoms with E-state index in [1.165, 1.54) is 11.3 Å². The fraction of sp³-hybridized carbons (Fsp3) is 0.235. The molecule has 1 atom stereocenters. The van der Waals surface area contributed by atoms with Gasteiger partial charge in [0.15, 0.2) is 5.13 Å². The van der Waals surface area contributed by atoms with E-state index in [-0.39, 0.29) is 11.9 Å². The average Bonchev–Trinajstić information content (AvgIpc) is 3.28. The summed E-state index contributed by atoms with van der Waals surface area (Å²) in [5.41, 5.74) is 2.18. The van der Waals surface area contributed by atoms with Gasteiger partial charge in [0.25, 0.3) is 0 Å². The molecule has 0 aliphatic carbocycles. The van der Waals surface area contributed by atoms with Crippen LogP contribution in [-0.2, 0) is 4.79 Å². The van der Waals surface area contributed by atoms with Crippen molar-refractivity contribution in [1.29, 1.82) is 0 Å². The van der Waals surface area contributed by atoms with E-state index in [1.54, 1.807) is 12.4 Å². The zero-order valence-electron chi connectivity index (χ0n) is 13.3. The molecule has 0 aliphatic heterocycles. The predicted molar refractivity (Wildman–Crippen MR) is 95.3 cm³/mol. The van der Waals surface area contributed by atoms with Gasteiger partial charge in [-0.2, -0.15) is 5.10 Å². The lowest BCUT2D eigenvalue weighted by Gasteiger charge is -2.18. The van der Waals surface area contributed by atoms with E-state index < -0.39 is 0 Å². The molecule has 6 nitrogen and oxygen atoms in total. The molecule has 0 aliphatic rings. The van der Waals surface area contributed by atoms with Crippen molar-refractivity contribution in [3.8, 4) is 5.69 Å². The minimum absolute atomic E-state index is 0.0370. The number of rotatable bonds is 7. The highest BCUT2D eigenvalue weighted by atomic mass is 32.1. The number of benzene rings is 1. The number of amides is 1. The summed E-state index contributed by atoms with van der Waals surface area (Å²) in [6.07, 6.45) is 5.76. The normalized spacial score (nSPS) is 12.0. The first-order valence-corrected chi connectivity index (χ1v) is 8.63. The number of hydrogen-bond acceptors (Lipinski definition) is 5. The molecule has 3 rings (SSSR count). The van der Waals surface area contributed by atoms with Crippen molar-refractivity contribution in [3.05, 3.63) is 59.9 Å². The lowest BCUT2D eigenvalue weighted by molar-refractivity contribution is -0.116. The van der Waals surface area contributed by atoms with Crippen LogP contribution < -0.4 is 10.6 Å². The van der Waals surface area contributed by atoms with E-state index >= 15 is 0 Å². The van der Waals surface area contributed by atoms with Crippen LogP contribution in [0.3, 0.4) is 0 Å². The second-order valence-corrected chi connectivity index (χ2v) is 6.22. The Bertz CT molecular complexity index is 770. The Morgan fingerprint density at radius 3 is 2.92 bits per heavy atom. The average molecular weight is 341 g/mol. The maximum Gasteiger partial charge on any atom is 0.227 e. The molecule has 0 bridgehead atoms. The molecule has 0 radical (unpaired) electrons. The van der Waals surface area contributed by atoms with Crippen LogP contribution in [0.15, 0.2) is 54.3 Å². The van der Waals surface area contributed by atoms with Gasteiger partial charge in [-0.25, -0.2) is 9.67 Å². The molecule has 0 unspecified atom stereocenters. The third kappa shape index (κ3) is 4.06. The van der Waals surface area contributed by atoms with E-state index in [9.17, 15) is 4.79 Å². The molecule has 2 heterocycles. The summed E-state index contributed by atoms with van der Waals surface area (Å²) >= 11 is 1.42. The molecule has 0 saturated heterocycles. The van der Waals surface area contributed by atoms with Gasteiger partial charge in [0.2, 0.25) is 5.91 Å². The molecular weight excluding hydrogens is 322 g/mol. The Morgan fingerprint density at radius 1 is 1.29 bits per heavy atom. The van der Waals surface area contributed by atoms with Crippen molar-refractivity contribution in [2.24, 2.45) is 0 Å². The van der Waals surface area contributed by atoms with Gasteiger partial charge in [-0.3, -0.25) is 4.79 Å². The van der Waals surface area contributed by atoms with Gasteiger partial charge in [0, 0.05) is 43.0 Å². The van der Waals surface area contributed by atoms with Crippen molar-refractivity contribution < 1.29 is 4.79 Å². The molecule has 7 heteroatoms. The molecule has 2 aromatic heterocycles. The molecular formula is C17H19N5OS. The Morgan fingerprint density at radius 2 is 2.17 bits per heavy atom. The van der Waals surface area contributed by atoms with Gasteiger partial charge < -0.3 is 10.6 Å². The van der Waals surface area contributed by atoms with E-state index in [0.717, 1.165) is 11.3 Å². The highest BCUT2D eigenvalue weighted by Gasteiger charge is 2.12. The van der Waals surface area contributed by atoms with Gasteiger partial charge in [-0.05, 0) is 24.6 Å². The predicted octanol–water partition coefficient (Wildman–Crippen LogP) is 3.01. The molecule has 1 aromatic carbocycles. The smallest absolute Gasteiger partial charge is 0.227 e. The van der Waals surface area contributed by atoms with Crippen molar-refractivity contribution in [1.82, 2.24) is 20.1 Å². The number of hydrogen-bond donors (Lipinski definition) is 2. The summed E-state index contributed by atoms with van der Waals surface area (Å²) in [5, 5.41) is 12.9. The molecule has 24 heavy (non-hydrogen) atoms. The number of carbonyl (C=O) groups is 1. The number of carbonyl (C=O) groups excluding carboxylic acids is 1. The van der Waals surface area contributed by atoms with Crippen LogP contribution >= 0.6 is 11.3 Å². The van der Waals surface area contributed by atoms with Crippen LogP contribution in [0.25, 0.3) is 5.69 Å². The highest BCUT2D eigenvalue weighted by Crippen LogP contribution is 2.20. The zero-order chi connectivity index (χ0) is 16.8. The summed E-state index contributed by atoms with van der Waals surface area (Å²) in [5.74, 6) is -0.0370. The molecule has 0 spiro atoms. The third-order valence-corrected chi connectivity index (χ3v) is 4.32. The summed E-state index contributed by atoms with van der Waals surface area (Å²) in [4.78, 5) is 15.9. The van der Waals surface area contributed by atoms with Crippen LogP contribution in [0.2, 0.25) is 0 Å². The maximum atomic E-state index is 11.9. The first kappa shape index (κ1) is 16.4. The van der Waals surface area contributed by atoms with Gasteiger partial charge in [-0.1, -0.05) is 18.2 Å². The fourth-order valence-electron chi connectivity index (χ4n) is 2.45. The Hall–Kier alpha value is -2.51. The van der Waals surface area contributed by atoms with Gasteiger partial charge >= 0.3 is 0 Å². The number of nitrogens with zero attached hydrogens (tertiary/aromatic N) is 3. The van der Waals surface area contributed by atoms with E-state index in [2.05, 4.69) is 33.7 Å². The van der Waals surface area contributed by atoms with Crippen LogP contribution in [-0.4, -0.2) is 27.2 Å². The highest BCUT2D eigenvalue weighted by molar-refractivity contribution is 7.13. The monoisotopic (exact) mass is 341 g/mol. The van der Waals surface area contributed by atoms with Gasteiger partial charge in [-0.15, -0.1) is 11.3 Å². The van der Waals surface area contributed by atoms with Gasteiger partial charge in [0.05, 0.1) is 5.69 Å².